The molecule has 1 fully saturated rings. The summed E-state index contributed by atoms with van der Waals surface area (Å²) in [7, 11) is 0. The zero-order valence-corrected chi connectivity index (χ0v) is 10.6. The number of likely N-dealkylation sites (tertiary alicyclic amines) is 1. The van der Waals surface area contributed by atoms with E-state index in [9.17, 15) is 4.79 Å². The van der Waals surface area contributed by atoms with E-state index in [2.05, 4.69) is 23.7 Å². The normalized spacial score (nSPS) is 21.2. The van der Waals surface area contributed by atoms with Crippen LogP contribution in [0.25, 0.3) is 0 Å². The SMILES string of the molecule is CC(C)N1CCC(Cc2ncc(CC=O)o2)C1. The van der Waals surface area contributed by atoms with Gasteiger partial charge in [0.15, 0.2) is 5.89 Å². The van der Waals surface area contributed by atoms with Crippen molar-refractivity contribution in [1.29, 1.82) is 0 Å². The zero-order valence-electron chi connectivity index (χ0n) is 10.6. The molecule has 1 saturated heterocycles. The molecule has 0 aromatic carbocycles. The maximum Gasteiger partial charge on any atom is 0.194 e. The topological polar surface area (TPSA) is 46.3 Å². The van der Waals surface area contributed by atoms with Crippen LogP contribution in [-0.2, 0) is 17.6 Å². The maximum absolute atomic E-state index is 10.4. The molecule has 0 spiro atoms. The van der Waals surface area contributed by atoms with Gasteiger partial charge in [-0.25, -0.2) is 4.98 Å². The van der Waals surface area contributed by atoms with Crippen molar-refractivity contribution in [1.82, 2.24) is 9.88 Å². The lowest BCUT2D eigenvalue weighted by atomic mass is 10.1. The van der Waals surface area contributed by atoms with Gasteiger partial charge in [0.25, 0.3) is 0 Å². The van der Waals surface area contributed by atoms with E-state index < -0.39 is 0 Å². The van der Waals surface area contributed by atoms with E-state index in [-0.39, 0.29) is 0 Å². The lowest BCUT2D eigenvalue weighted by Gasteiger charge is -2.19. The largest absolute Gasteiger partial charge is 0.445 e. The number of nitrogens with zero attached hydrogens (tertiary/aromatic N) is 2. The number of hydrogen-bond acceptors (Lipinski definition) is 4. The van der Waals surface area contributed by atoms with Crippen LogP contribution in [0.3, 0.4) is 0 Å². The fourth-order valence-electron chi connectivity index (χ4n) is 2.36. The summed E-state index contributed by atoms with van der Waals surface area (Å²) in [5.74, 6) is 2.09. The van der Waals surface area contributed by atoms with E-state index in [0.717, 1.165) is 25.1 Å². The second-order valence-corrected chi connectivity index (χ2v) is 5.04. The molecular formula is C13H20N2O2. The van der Waals surface area contributed by atoms with E-state index in [1.807, 2.05) is 0 Å². The summed E-state index contributed by atoms with van der Waals surface area (Å²) >= 11 is 0. The van der Waals surface area contributed by atoms with Crippen LogP contribution in [0, 0.1) is 5.92 Å². The highest BCUT2D eigenvalue weighted by Crippen LogP contribution is 2.22. The Morgan fingerprint density at radius 1 is 1.65 bits per heavy atom. The second-order valence-electron chi connectivity index (χ2n) is 5.04. The van der Waals surface area contributed by atoms with Crippen molar-refractivity contribution in [2.45, 2.75) is 39.2 Å². The van der Waals surface area contributed by atoms with Crippen molar-refractivity contribution in [2.24, 2.45) is 5.92 Å². The highest BCUT2D eigenvalue weighted by molar-refractivity contribution is 5.52. The van der Waals surface area contributed by atoms with Gasteiger partial charge in [0.05, 0.1) is 12.6 Å². The van der Waals surface area contributed by atoms with Gasteiger partial charge in [-0.1, -0.05) is 0 Å². The smallest absolute Gasteiger partial charge is 0.194 e. The van der Waals surface area contributed by atoms with Gasteiger partial charge in [0, 0.05) is 19.0 Å². The first-order chi connectivity index (χ1) is 8.19. The lowest BCUT2D eigenvalue weighted by Crippen LogP contribution is -2.28. The van der Waals surface area contributed by atoms with E-state index in [1.54, 1.807) is 6.20 Å². The number of aldehydes is 1. The Hall–Kier alpha value is -1.16. The van der Waals surface area contributed by atoms with Crippen LogP contribution < -0.4 is 0 Å². The number of carbonyl (C=O) groups excluding carboxylic acids is 1. The molecule has 2 heterocycles. The summed E-state index contributed by atoms with van der Waals surface area (Å²) in [5, 5.41) is 0. The van der Waals surface area contributed by atoms with E-state index in [1.165, 1.54) is 13.0 Å². The Morgan fingerprint density at radius 3 is 3.12 bits per heavy atom. The number of carbonyl (C=O) groups is 1. The summed E-state index contributed by atoms with van der Waals surface area (Å²) in [6.45, 7) is 6.76. The van der Waals surface area contributed by atoms with E-state index in [4.69, 9.17) is 4.42 Å². The Labute approximate surface area is 102 Å². The van der Waals surface area contributed by atoms with Crippen LogP contribution >= 0.6 is 0 Å². The highest BCUT2D eigenvalue weighted by Gasteiger charge is 2.25. The Kier molecular flexibility index (Phi) is 3.94. The third-order valence-corrected chi connectivity index (χ3v) is 3.40. The van der Waals surface area contributed by atoms with Gasteiger partial charge in [-0.05, 0) is 32.7 Å². The lowest BCUT2D eigenvalue weighted by molar-refractivity contribution is -0.107. The van der Waals surface area contributed by atoms with Crippen molar-refractivity contribution < 1.29 is 9.21 Å². The van der Waals surface area contributed by atoms with Gasteiger partial charge in [-0.2, -0.15) is 0 Å². The van der Waals surface area contributed by atoms with Gasteiger partial charge < -0.3 is 14.1 Å². The molecule has 0 radical (unpaired) electrons. The minimum absolute atomic E-state index is 0.329. The third kappa shape index (κ3) is 3.16. The van der Waals surface area contributed by atoms with Crippen LogP contribution in [0.1, 0.15) is 31.9 Å². The minimum Gasteiger partial charge on any atom is -0.445 e. The van der Waals surface area contributed by atoms with Crippen LogP contribution in [0.4, 0.5) is 0 Å². The van der Waals surface area contributed by atoms with Gasteiger partial charge in [0.2, 0.25) is 0 Å². The fourth-order valence-corrected chi connectivity index (χ4v) is 2.36. The first kappa shape index (κ1) is 12.3. The monoisotopic (exact) mass is 236 g/mol. The summed E-state index contributed by atoms with van der Waals surface area (Å²) in [6.07, 6.45) is 4.95. The second kappa shape index (κ2) is 5.45. The molecule has 17 heavy (non-hydrogen) atoms. The predicted molar refractivity (Wildman–Crippen MR) is 64.8 cm³/mol. The maximum atomic E-state index is 10.4. The average molecular weight is 236 g/mol. The van der Waals surface area contributed by atoms with Crippen molar-refractivity contribution in [2.75, 3.05) is 13.1 Å². The van der Waals surface area contributed by atoms with Crippen LogP contribution in [0.2, 0.25) is 0 Å². The molecule has 1 aromatic rings. The highest BCUT2D eigenvalue weighted by atomic mass is 16.4. The van der Waals surface area contributed by atoms with Gasteiger partial charge in [-0.3, -0.25) is 0 Å². The summed E-state index contributed by atoms with van der Waals surface area (Å²) < 4.78 is 5.52. The van der Waals surface area contributed by atoms with Gasteiger partial charge >= 0.3 is 0 Å². The first-order valence-electron chi connectivity index (χ1n) is 6.30. The zero-order chi connectivity index (χ0) is 12.3. The Morgan fingerprint density at radius 2 is 2.47 bits per heavy atom. The Balaban J connectivity index is 1.86. The number of hydrogen-bond donors (Lipinski definition) is 0. The van der Waals surface area contributed by atoms with Crippen molar-refractivity contribution >= 4 is 6.29 Å². The quantitative estimate of drug-likeness (QED) is 0.730. The molecule has 0 bridgehead atoms. The Bertz CT molecular complexity index is 373. The molecule has 2 rings (SSSR count). The average Bonchev–Trinajstić information content (AvgIpc) is 2.89. The standard InChI is InChI=1S/C13H20N2O2/c1-10(2)15-5-3-11(9-15)7-13-14-8-12(17-13)4-6-16/h6,8,10-11H,3-5,7,9H2,1-2H3. The fraction of sp³-hybridized carbons (Fsp3) is 0.692. The molecule has 1 atom stereocenters. The summed E-state index contributed by atoms with van der Waals surface area (Å²) in [5.41, 5.74) is 0. The van der Waals surface area contributed by atoms with Crippen LogP contribution in [0.5, 0.6) is 0 Å². The molecule has 1 aliphatic rings. The van der Waals surface area contributed by atoms with Crippen molar-refractivity contribution in [3.8, 4) is 0 Å². The van der Waals surface area contributed by atoms with E-state index >= 15 is 0 Å². The molecule has 0 saturated carbocycles. The third-order valence-electron chi connectivity index (χ3n) is 3.40. The molecule has 4 nitrogen and oxygen atoms in total. The minimum atomic E-state index is 0.329. The van der Waals surface area contributed by atoms with Crippen LogP contribution in [-0.4, -0.2) is 35.3 Å². The molecule has 1 aliphatic heterocycles. The predicted octanol–water partition coefficient (Wildman–Crippen LogP) is 1.69. The van der Waals surface area contributed by atoms with Crippen molar-refractivity contribution in [3.63, 3.8) is 0 Å². The molecule has 4 heteroatoms. The summed E-state index contributed by atoms with van der Waals surface area (Å²) in [4.78, 5) is 17.1. The summed E-state index contributed by atoms with van der Waals surface area (Å²) in [6, 6.07) is 0.621. The van der Waals surface area contributed by atoms with Crippen LogP contribution in [0.15, 0.2) is 10.6 Å². The molecule has 0 N–H and O–H groups in total. The first-order valence-corrected chi connectivity index (χ1v) is 6.30. The number of rotatable bonds is 5. The molecule has 94 valence electrons. The molecule has 1 unspecified atom stereocenters. The van der Waals surface area contributed by atoms with E-state index in [0.29, 0.717) is 24.1 Å². The molecule has 0 amide bonds. The molecule has 1 aromatic heterocycles. The van der Waals surface area contributed by atoms with Gasteiger partial charge in [-0.15, -0.1) is 0 Å². The number of aromatic nitrogens is 1. The number of oxazole rings is 1. The van der Waals surface area contributed by atoms with Crippen molar-refractivity contribution in [3.05, 3.63) is 17.8 Å². The molecular weight excluding hydrogens is 216 g/mol. The van der Waals surface area contributed by atoms with Gasteiger partial charge in [0.1, 0.15) is 12.0 Å². The molecule has 0 aliphatic carbocycles.